The van der Waals surface area contributed by atoms with E-state index in [1.54, 1.807) is 0 Å². The van der Waals surface area contributed by atoms with E-state index < -0.39 is 0 Å². The largest absolute Gasteiger partial charge is 0.275 e. The monoisotopic (exact) mass is 325 g/mol. The summed E-state index contributed by atoms with van der Waals surface area (Å²) < 4.78 is 0. The quantitative estimate of drug-likeness (QED) is 0.681. The fourth-order valence-electron chi connectivity index (χ4n) is 2.86. The fraction of sp³-hybridized carbons (Fsp3) is 0.381. The molecule has 3 nitrogen and oxygen atoms in total. The van der Waals surface area contributed by atoms with Gasteiger partial charge in [0.05, 0.1) is 6.10 Å². The molecular weight excluding hydrogens is 298 g/mol. The highest BCUT2D eigenvalue weighted by Gasteiger charge is 2.15. The third-order valence-electron chi connectivity index (χ3n) is 4.05. The lowest BCUT2D eigenvalue weighted by molar-refractivity contribution is -0.0112. The maximum atomic E-state index is 12.6. The Morgan fingerprint density at radius 2 is 1.67 bits per heavy atom. The van der Waals surface area contributed by atoms with E-state index in [1.165, 1.54) is 5.56 Å². The zero-order valence-electron chi connectivity index (χ0n) is 14.8. The van der Waals surface area contributed by atoms with Crippen LogP contribution in [0.3, 0.4) is 0 Å². The maximum Gasteiger partial charge on any atom is 0.275 e. The summed E-state index contributed by atoms with van der Waals surface area (Å²) >= 11 is 0. The van der Waals surface area contributed by atoms with Gasteiger partial charge < -0.3 is 0 Å². The highest BCUT2D eigenvalue weighted by atomic mass is 16.7. The number of amides is 1. The molecule has 2 aromatic rings. The zero-order chi connectivity index (χ0) is 17.4. The molecule has 0 aliphatic heterocycles. The van der Waals surface area contributed by atoms with Crippen LogP contribution in [0.2, 0.25) is 0 Å². The molecule has 0 aromatic heterocycles. The van der Waals surface area contributed by atoms with Crippen LogP contribution < -0.4 is 5.48 Å². The Balaban J connectivity index is 2.26. The van der Waals surface area contributed by atoms with Gasteiger partial charge in [0, 0.05) is 5.56 Å². The molecule has 128 valence electrons. The van der Waals surface area contributed by atoms with Gasteiger partial charge in [0.2, 0.25) is 0 Å². The molecule has 0 saturated heterocycles. The van der Waals surface area contributed by atoms with Crippen molar-refractivity contribution >= 4 is 5.91 Å². The smallest absolute Gasteiger partial charge is 0.270 e. The van der Waals surface area contributed by atoms with Gasteiger partial charge in [0.1, 0.15) is 0 Å². The van der Waals surface area contributed by atoms with Crippen molar-refractivity contribution in [3.63, 3.8) is 0 Å². The predicted molar refractivity (Wildman–Crippen MR) is 98.8 cm³/mol. The lowest BCUT2D eigenvalue weighted by Crippen LogP contribution is -2.28. The molecule has 1 N–H and O–H groups in total. The number of nitrogens with one attached hydrogen (secondary N) is 1. The maximum absolute atomic E-state index is 12.6. The molecule has 2 aromatic carbocycles. The average molecular weight is 325 g/mol. The molecule has 0 aliphatic carbocycles. The minimum Gasteiger partial charge on any atom is -0.270 e. The van der Waals surface area contributed by atoms with Crippen molar-refractivity contribution in [2.75, 3.05) is 0 Å². The third kappa shape index (κ3) is 4.68. The van der Waals surface area contributed by atoms with Crippen LogP contribution >= 0.6 is 0 Å². The number of hydrogen-bond acceptors (Lipinski definition) is 2. The molecule has 0 bridgehead atoms. The van der Waals surface area contributed by atoms with Gasteiger partial charge in [-0.1, -0.05) is 69.2 Å². The molecule has 3 heteroatoms. The number of aryl methyl sites for hydroxylation is 1. The van der Waals surface area contributed by atoms with Crippen LogP contribution in [0.1, 0.15) is 56.0 Å². The van der Waals surface area contributed by atoms with E-state index in [0.29, 0.717) is 5.56 Å². The molecule has 1 amide bonds. The third-order valence-corrected chi connectivity index (χ3v) is 4.05. The predicted octanol–water partition coefficient (Wildman–Crippen LogP) is 5.16. The topological polar surface area (TPSA) is 38.3 Å². The standard InChI is InChI=1S/C21H27NO2/c1-4-10-16(3)24-22-21(23)20-15-9-8-14-19(20)18-13-7-6-12-17(18)11-5-2/h6-9,12-16H,4-5,10-11H2,1-3H3,(H,22,23)/t16-/m0/s1. The Kier molecular flexibility index (Phi) is 7.01. The molecule has 24 heavy (non-hydrogen) atoms. The van der Waals surface area contributed by atoms with E-state index in [-0.39, 0.29) is 12.0 Å². The first-order valence-corrected chi connectivity index (χ1v) is 8.80. The minimum absolute atomic E-state index is 0.0125. The van der Waals surface area contributed by atoms with Crippen molar-refractivity contribution in [2.24, 2.45) is 0 Å². The second-order valence-corrected chi connectivity index (χ2v) is 6.10. The Labute approximate surface area is 145 Å². The number of rotatable bonds is 8. The second-order valence-electron chi connectivity index (χ2n) is 6.10. The molecule has 0 aliphatic rings. The van der Waals surface area contributed by atoms with Gasteiger partial charge in [-0.05, 0) is 42.5 Å². The van der Waals surface area contributed by atoms with Crippen molar-refractivity contribution in [1.82, 2.24) is 5.48 Å². The number of hydrogen-bond donors (Lipinski definition) is 1. The van der Waals surface area contributed by atoms with E-state index in [4.69, 9.17) is 4.84 Å². The van der Waals surface area contributed by atoms with Crippen LogP contribution in [0, 0.1) is 0 Å². The summed E-state index contributed by atoms with van der Waals surface area (Å²) in [6.07, 6.45) is 4.02. The van der Waals surface area contributed by atoms with Crippen molar-refractivity contribution in [3.8, 4) is 11.1 Å². The first kappa shape index (κ1) is 18.2. The normalized spacial score (nSPS) is 12.0. The zero-order valence-corrected chi connectivity index (χ0v) is 14.8. The van der Waals surface area contributed by atoms with Crippen LogP contribution in [-0.2, 0) is 11.3 Å². The summed E-state index contributed by atoms with van der Waals surface area (Å²) in [5.41, 5.74) is 6.58. The van der Waals surface area contributed by atoms with Crippen molar-refractivity contribution < 1.29 is 9.63 Å². The first-order valence-electron chi connectivity index (χ1n) is 8.80. The molecule has 0 spiro atoms. The van der Waals surface area contributed by atoms with Crippen LogP contribution in [0.25, 0.3) is 11.1 Å². The number of carbonyl (C=O) groups excluding carboxylic acids is 1. The van der Waals surface area contributed by atoms with Gasteiger partial charge in [-0.15, -0.1) is 0 Å². The van der Waals surface area contributed by atoms with Crippen molar-refractivity contribution in [3.05, 3.63) is 59.7 Å². The molecule has 0 fully saturated rings. The van der Waals surface area contributed by atoms with Crippen molar-refractivity contribution in [2.45, 2.75) is 52.6 Å². The summed E-state index contributed by atoms with van der Waals surface area (Å²) in [5, 5.41) is 0. The SMILES string of the molecule is CCCc1ccccc1-c1ccccc1C(=O)NO[C@@H](C)CCC. The van der Waals surface area contributed by atoms with Gasteiger partial charge in [-0.25, -0.2) is 5.48 Å². The minimum atomic E-state index is -0.195. The Morgan fingerprint density at radius 1 is 1.00 bits per heavy atom. The van der Waals surface area contributed by atoms with Gasteiger partial charge >= 0.3 is 0 Å². The molecule has 0 unspecified atom stereocenters. The Morgan fingerprint density at radius 3 is 2.38 bits per heavy atom. The van der Waals surface area contributed by atoms with Crippen LogP contribution in [0.5, 0.6) is 0 Å². The van der Waals surface area contributed by atoms with Gasteiger partial charge in [0.25, 0.3) is 5.91 Å². The average Bonchev–Trinajstić information content (AvgIpc) is 2.61. The Hall–Kier alpha value is -2.13. The van der Waals surface area contributed by atoms with E-state index in [9.17, 15) is 4.79 Å². The first-order chi connectivity index (χ1) is 11.7. The molecule has 1 atom stereocenters. The lowest BCUT2D eigenvalue weighted by atomic mass is 9.93. The van der Waals surface area contributed by atoms with Gasteiger partial charge in [-0.2, -0.15) is 0 Å². The number of hydroxylamine groups is 1. The highest BCUT2D eigenvalue weighted by Crippen LogP contribution is 2.28. The van der Waals surface area contributed by atoms with E-state index in [1.807, 2.05) is 43.3 Å². The van der Waals surface area contributed by atoms with Crippen LogP contribution in [0.15, 0.2) is 48.5 Å². The van der Waals surface area contributed by atoms with E-state index >= 15 is 0 Å². The van der Waals surface area contributed by atoms with Crippen molar-refractivity contribution in [1.29, 1.82) is 0 Å². The van der Waals surface area contributed by atoms with E-state index in [2.05, 4.69) is 31.5 Å². The molecule has 0 radical (unpaired) electrons. The number of carbonyl (C=O) groups is 1. The summed E-state index contributed by atoms with van der Waals surface area (Å²) in [6, 6.07) is 16.0. The number of benzene rings is 2. The Bertz CT molecular complexity index is 666. The van der Waals surface area contributed by atoms with Crippen LogP contribution in [0.4, 0.5) is 0 Å². The van der Waals surface area contributed by atoms with Gasteiger partial charge in [0.15, 0.2) is 0 Å². The molecular formula is C21H27NO2. The fourth-order valence-corrected chi connectivity index (χ4v) is 2.86. The lowest BCUT2D eigenvalue weighted by Gasteiger charge is -2.15. The van der Waals surface area contributed by atoms with Gasteiger partial charge in [-0.3, -0.25) is 9.63 Å². The second kappa shape index (κ2) is 9.24. The highest BCUT2D eigenvalue weighted by molar-refractivity contribution is 6.00. The molecule has 0 saturated carbocycles. The van der Waals surface area contributed by atoms with Crippen LogP contribution in [-0.4, -0.2) is 12.0 Å². The molecule has 2 rings (SSSR count). The summed E-state index contributed by atoms with van der Waals surface area (Å²) in [5.74, 6) is -0.195. The van der Waals surface area contributed by atoms with E-state index in [0.717, 1.165) is 36.8 Å². The molecule has 0 heterocycles. The summed E-state index contributed by atoms with van der Waals surface area (Å²) in [7, 11) is 0. The summed E-state index contributed by atoms with van der Waals surface area (Å²) in [6.45, 7) is 6.23. The summed E-state index contributed by atoms with van der Waals surface area (Å²) in [4.78, 5) is 18.0.